The van der Waals surface area contributed by atoms with E-state index in [0.717, 1.165) is 27.8 Å². The van der Waals surface area contributed by atoms with E-state index in [1.165, 1.54) is 21.3 Å². The number of ether oxygens (including phenoxy) is 14. The Morgan fingerprint density at radius 2 is 0.925 bits per heavy atom. The van der Waals surface area contributed by atoms with Crippen LogP contribution in [-0.2, 0) is 114 Å². The number of aliphatic hydroxyl groups excluding tert-OH is 1. The van der Waals surface area contributed by atoms with Gasteiger partial charge in [0.15, 0.2) is 12.6 Å². The van der Waals surface area contributed by atoms with Gasteiger partial charge in [0.25, 0.3) is 10.1 Å². The van der Waals surface area contributed by atoms with Crippen molar-refractivity contribution in [2.24, 2.45) is 0 Å². The van der Waals surface area contributed by atoms with Gasteiger partial charge in [-0.1, -0.05) is 152 Å². The third kappa shape index (κ3) is 16.6. The van der Waals surface area contributed by atoms with Gasteiger partial charge in [-0.3, -0.25) is 4.18 Å². The predicted molar refractivity (Wildman–Crippen MR) is 293 cm³/mol. The third-order valence-corrected chi connectivity index (χ3v) is 15.6. The molecule has 15 atom stereocenters. The van der Waals surface area contributed by atoms with Gasteiger partial charge in [0, 0.05) is 21.3 Å². The fourth-order valence-corrected chi connectivity index (χ4v) is 11.7. The summed E-state index contributed by atoms with van der Waals surface area (Å²) in [5.74, 6) is -3.04. The summed E-state index contributed by atoms with van der Waals surface area (Å²) < 4.78 is 124. The highest BCUT2D eigenvalue weighted by Gasteiger charge is 2.61. The molecule has 3 heterocycles. The van der Waals surface area contributed by atoms with Crippen LogP contribution in [0.15, 0.2) is 152 Å². The second-order valence-electron chi connectivity index (χ2n) is 19.9. The van der Waals surface area contributed by atoms with E-state index in [9.17, 15) is 13.5 Å². The highest BCUT2D eigenvalue weighted by atomic mass is 32.2. The zero-order valence-corrected chi connectivity index (χ0v) is 47.2. The van der Waals surface area contributed by atoms with Crippen LogP contribution >= 0.6 is 0 Å². The number of rotatable bonds is 30. The van der Waals surface area contributed by atoms with Crippen LogP contribution in [0.5, 0.6) is 0 Å². The van der Waals surface area contributed by atoms with E-state index in [1.54, 1.807) is 13.8 Å². The number of hydrogen-bond donors (Lipinski definition) is 1. The number of aliphatic hydroxyl groups is 1. The Labute approximate surface area is 470 Å². The molecule has 0 aliphatic carbocycles. The maximum atomic E-state index is 13.8. The molecule has 3 aliphatic heterocycles. The molecular formula is C61H78O18S. The van der Waals surface area contributed by atoms with Gasteiger partial charge in [-0.15, -0.1) is 0 Å². The molecule has 3 aliphatic rings. The van der Waals surface area contributed by atoms with Crippen LogP contribution < -0.4 is 0 Å². The fourth-order valence-electron chi connectivity index (χ4n) is 10.4. The SMILES string of the molecule is CCOS(=O)(=O)C[C@@]1(O[C@@H]2[C@H](O)[C@@H](OCc3ccccc3)[C@H](OCCO[C@@H]3O[C@@H](C)[C@@H](OCc4ccccc4)[C@@H](OCc4ccccc4)[C@@H]3OCc3ccccc3)O[C@@H]2COCc2ccccc2)O[C@@H](C)[C@@H](OC)[C@@H](OC)[C@@H]1OC. The summed E-state index contributed by atoms with van der Waals surface area (Å²) >= 11 is 0. The molecule has 0 amide bonds. The van der Waals surface area contributed by atoms with Gasteiger partial charge in [0.2, 0.25) is 5.79 Å². The molecule has 0 radical (unpaired) electrons. The quantitative estimate of drug-likeness (QED) is 0.0355. The average Bonchev–Trinajstić information content (AvgIpc) is 3.49. The first kappa shape index (κ1) is 61.5. The van der Waals surface area contributed by atoms with E-state index in [-0.39, 0.29) is 52.9 Å². The van der Waals surface area contributed by atoms with Gasteiger partial charge >= 0.3 is 0 Å². The van der Waals surface area contributed by atoms with Crippen molar-refractivity contribution >= 4 is 10.1 Å². The van der Waals surface area contributed by atoms with Crippen LogP contribution in [0, 0.1) is 0 Å². The smallest absolute Gasteiger partial charge is 0.272 e. The normalized spacial score (nSPS) is 30.0. The van der Waals surface area contributed by atoms with E-state index >= 15 is 0 Å². The lowest BCUT2D eigenvalue weighted by Crippen LogP contribution is -2.72. The van der Waals surface area contributed by atoms with Crippen molar-refractivity contribution in [3.63, 3.8) is 0 Å². The van der Waals surface area contributed by atoms with Gasteiger partial charge in [0.1, 0.15) is 66.8 Å². The maximum Gasteiger partial charge on any atom is 0.272 e. The molecule has 0 aromatic heterocycles. The van der Waals surface area contributed by atoms with Crippen LogP contribution in [-0.4, -0.2) is 159 Å². The predicted octanol–water partition coefficient (Wildman–Crippen LogP) is 7.32. The lowest BCUT2D eigenvalue weighted by molar-refractivity contribution is -0.401. The zero-order chi connectivity index (χ0) is 56.3. The van der Waals surface area contributed by atoms with Crippen LogP contribution in [0.1, 0.15) is 48.6 Å². The Bertz CT molecular complexity index is 2630. The summed E-state index contributed by atoms with van der Waals surface area (Å²) in [6.45, 7) is 5.73. The monoisotopic (exact) mass is 1130 g/mol. The lowest BCUT2D eigenvalue weighted by atomic mass is 9.91. The van der Waals surface area contributed by atoms with E-state index in [0.29, 0.717) is 6.61 Å². The highest BCUT2D eigenvalue weighted by molar-refractivity contribution is 7.86. The minimum absolute atomic E-state index is 0.0235. The lowest BCUT2D eigenvalue weighted by Gasteiger charge is -2.53. The van der Waals surface area contributed by atoms with Crippen LogP contribution in [0.3, 0.4) is 0 Å². The first-order chi connectivity index (χ1) is 38.9. The van der Waals surface area contributed by atoms with E-state index in [4.69, 9.17) is 70.5 Å². The van der Waals surface area contributed by atoms with Crippen molar-refractivity contribution < 1.29 is 84.0 Å². The molecule has 0 spiro atoms. The molecule has 436 valence electrons. The van der Waals surface area contributed by atoms with Crippen LogP contribution in [0.4, 0.5) is 0 Å². The average molecular weight is 1130 g/mol. The van der Waals surface area contributed by atoms with Crippen LogP contribution in [0.25, 0.3) is 0 Å². The van der Waals surface area contributed by atoms with Gasteiger partial charge in [0.05, 0.1) is 71.7 Å². The molecule has 80 heavy (non-hydrogen) atoms. The number of methoxy groups -OCH3 is 3. The third-order valence-electron chi connectivity index (χ3n) is 14.2. The van der Waals surface area contributed by atoms with Crippen molar-refractivity contribution in [3.05, 3.63) is 179 Å². The second-order valence-corrected chi connectivity index (χ2v) is 21.6. The Morgan fingerprint density at radius 3 is 1.39 bits per heavy atom. The summed E-state index contributed by atoms with van der Waals surface area (Å²) in [7, 11) is -0.0659. The second kappa shape index (κ2) is 30.6. The van der Waals surface area contributed by atoms with Crippen molar-refractivity contribution in [1.82, 2.24) is 0 Å². The first-order valence-electron chi connectivity index (χ1n) is 27.2. The Morgan fingerprint density at radius 1 is 0.487 bits per heavy atom. The topological polar surface area (TPSA) is 193 Å². The molecule has 0 unspecified atom stereocenters. The number of benzene rings is 5. The summed E-state index contributed by atoms with van der Waals surface area (Å²) in [5.41, 5.74) is 4.58. The summed E-state index contributed by atoms with van der Waals surface area (Å²) in [6.07, 6.45) is -13.8. The molecule has 5 aromatic carbocycles. The van der Waals surface area contributed by atoms with E-state index < -0.39 is 107 Å². The molecule has 5 aromatic rings. The highest BCUT2D eigenvalue weighted by Crippen LogP contribution is 2.41. The maximum absolute atomic E-state index is 13.8. The first-order valence-corrected chi connectivity index (χ1v) is 28.8. The summed E-state index contributed by atoms with van der Waals surface area (Å²) in [6, 6.07) is 48.5. The fraction of sp³-hybridized carbons (Fsp3) is 0.508. The molecule has 19 heteroatoms. The Kier molecular flexibility index (Phi) is 23.5. The van der Waals surface area contributed by atoms with Crippen LogP contribution in [0.2, 0.25) is 0 Å². The van der Waals surface area contributed by atoms with E-state index in [2.05, 4.69) is 0 Å². The molecule has 18 nitrogen and oxygen atoms in total. The number of hydrogen-bond acceptors (Lipinski definition) is 18. The molecule has 3 saturated heterocycles. The van der Waals surface area contributed by atoms with Crippen molar-refractivity contribution in [2.45, 2.75) is 145 Å². The Balaban J connectivity index is 1.07. The van der Waals surface area contributed by atoms with Crippen molar-refractivity contribution in [2.75, 3.05) is 53.5 Å². The van der Waals surface area contributed by atoms with E-state index in [1.807, 2.05) is 159 Å². The van der Waals surface area contributed by atoms with Gasteiger partial charge in [-0.05, 0) is 48.6 Å². The molecular weight excluding hydrogens is 1050 g/mol. The molecule has 0 saturated carbocycles. The zero-order valence-electron chi connectivity index (χ0n) is 46.4. The van der Waals surface area contributed by atoms with Gasteiger partial charge in [-0.25, -0.2) is 0 Å². The molecule has 1 N–H and O–H groups in total. The van der Waals surface area contributed by atoms with Gasteiger partial charge in [-0.2, -0.15) is 8.42 Å². The molecule has 8 rings (SSSR count). The van der Waals surface area contributed by atoms with Crippen molar-refractivity contribution in [3.8, 4) is 0 Å². The molecule has 0 bridgehead atoms. The molecule has 3 fully saturated rings. The minimum Gasteiger partial charge on any atom is -0.387 e. The summed E-state index contributed by atoms with van der Waals surface area (Å²) in [5, 5.41) is 12.8. The standard InChI is InChI=1S/C61H78O18S/c1-7-75-80(63,64)41-61(58(67-6)56(66-5)51(65-4)43(3)78-61)79-53-49(40-68-35-44-23-13-8-14-24-44)77-59(54(50(53)62)72-37-46-27-17-10-18-28-46)69-33-34-70-60-57(74-39-48-31-21-12-22-32-48)55(73-38-47-29-19-11-20-30-47)52(42(2)76-60)71-36-45-25-15-9-16-26-45/h8-32,42-43,49-60,62H,7,33-41H2,1-6H3/t42-,43-,49+,50-,51+,52+,53-,54+,55+,56+,57-,58-,59+,60+,61-/m0/s1. The van der Waals surface area contributed by atoms with Gasteiger partial charge < -0.3 is 71.4 Å². The Hall–Kier alpha value is -4.59. The minimum atomic E-state index is -4.39. The largest absolute Gasteiger partial charge is 0.387 e. The van der Waals surface area contributed by atoms with Crippen molar-refractivity contribution in [1.29, 1.82) is 0 Å². The summed E-state index contributed by atoms with van der Waals surface area (Å²) in [4.78, 5) is 0.